The molecular weight excluding hydrogens is 344 g/mol. The van der Waals surface area contributed by atoms with Crippen LogP contribution >= 0.6 is 0 Å². The minimum absolute atomic E-state index is 0.195. The number of fused-ring (bicyclic) bond motifs is 1. The van der Waals surface area contributed by atoms with Gasteiger partial charge in [0.05, 0.1) is 18.3 Å². The highest BCUT2D eigenvalue weighted by Gasteiger charge is 2.27. The number of methoxy groups -OCH3 is 1. The number of hydrogen-bond donors (Lipinski definition) is 2. The third-order valence-electron chi connectivity index (χ3n) is 4.48. The van der Waals surface area contributed by atoms with Crippen LogP contribution < -0.4 is 15.4 Å². The number of benzene rings is 1. The van der Waals surface area contributed by atoms with E-state index in [9.17, 15) is 9.59 Å². The quantitative estimate of drug-likeness (QED) is 0.729. The van der Waals surface area contributed by atoms with Gasteiger partial charge in [0.15, 0.2) is 5.69 Å². The number of carbonyl (C=O) groups excluding carboxylic acids is 2. The van der Waals surface area contributed by atoms with Gasteiger partial charge in [-0.15, -0.1) is 0 Å². The van der Waals surface area contributed by atoms with Crippen molar-refractivity contribution in [3.63, 3.8) is 0 Å². The second-order valence-electron chi connectivity index (χ2n) is 6.65. The van der Waals surface area contributed by atoms with Crippen molar-refractivity contribution in [1.82, 2.24) is 14.7 Å². The number of anilines is 1. The first-order chi connectivity index (χ1) is 13.1. The molecule has 7 heteroatoms. The Hall–Kier alpha value is -3.35. The van der Waals surface area contributed by atoms with Gasteiger partial charge in [-0.3, -0.25) is 14.0 Å². The number of carbonyl (C=O) groups is 2. The molecule has 2 N–H and O–H groups in total. The zero-order chi connectivity index (χ0) is 19.0. The summed E-state index contributed by atoms with van der Waals surface area (Å²) < 4.78 is 6.95. The average Bonchev–Trinajstić information content (AvgIpc) is 3.38. The van der Waals surface area contributed by atoms with Crippen LogP contribution in [0.4, 0.5) is 5.69 Å². The molecule has 3 aromatic rings. The predicted molar refractivity (Wildman–Crippen MR) is 101 cm³/mol. The molecule has 4 rings (SSSR count). The molecule has 0 unspecified atom stereocenters. The maximum atomic E-state index is 12.9. The number of rotatable bonds is 5. The monoisotopic (exact) mass is 364 g/mol. The summed E-state index contributed by atoms with van der Waals surface area (Å²) in [7, 11) is 1.55. The molecule has 0 radical (unpaired) electrons. The molecule has 2 amide bonds. The molecular formula is C20H20N4O3. The maximum Gasteiger partial charge on any atom is 0.287 e. The fraction of sp³-hybridized carbons (Fsp3) is 0.250. The molecule has 0 bridgehead atoms. The fourth-order valence-electron chi connectivity index (χ4n) is 2.94. The van der Waals surface area contributed by atoms with E-state index in [1.54, 1.807) is 35.9 Å². The molecule has 0 aliphatic heterocycles. The van der Waals surface area contributed by atoms with Crippen LogP contribution in [-0.2, 0) is 0 Å². The van der Waals surface area contributed by atoms with Crippen molar-refractivity contribution >= 4 is 23.0 Å². The highest BCUT2D eigenvalue weighted by Crippen LogP contribution is 2.26. The van der Waals surface area contributed by atoms with Gasteiger partial charge in [-0.25, -0.2) is 4.98 Å². The number of pyridine rings is 1. The summed E-state index contributed by atoms with van der Waals surface area (Å²) in [6, 6.07) is 11.1. The van der Waals surface area contributed by atoms with E-state index in [4.69, 9.17) is 4.74 Å². The molecule has 2 aromatic heterocycles. The van der Waals surface area contributed by atoms with Crippen LogP contribution in [0.15, 0.2) is 42.6 Å². The van der Waals surface area contributed by atoms with Crippen LogP contribution in [0.2, 0.25) is 0 Å². The number of amides is 2. The summed E-state index contributed by atoms with van der Waals surface area (Å²) in [5.74, 6) is 0.0991. The molecule has 1 fully saturated rings. The molecule has 2 heterocycles. The Morgan fingerprint density at radius 2 is 2.00 bits per heavy atom. The zero-order valence-corrected chi connectivity index (χ0v) is 15.2. The minimum atomic E-state index is -0.395. The van der Waals surface area contributed by atoms with Crippen LogP contribution in [0.5, 0.6) is 5.75 Å². The van der Waals surface area contributed by atoms with Crippen LogP contribution in [0.3, 0.4) is 0 Å². The Balaban J connectivity index is 1.70. The first-order valence-corrected chi connectivity index (χ1v) is 8.81. The second kappa shape index (κ2) is 6.75. The van der Waals surface area contributed by atoms with Gasteiger partial charge in [0.2, 0.25) is 5.82 Å². The van der Waals surface area contributed by atoms with Crippen LogP contribution in [-0.4, -0.2) is 34.4 Å². The molecule has 27 heavy (non-hydrogen) atoms. The smallest absolute Gasteiger partial charge is 0.287 e. The van der Waals surface area contributed by atoms with Crippen LogP contribution in [0.1, 0.15) is 39.5 Å². The molecule has 0 saturated heterocycles. The summed E-state index contributed by atoms with van der Waals surface area (Å²) in [4.78, 5) is 29.7. The summed E-state index contributed by atoms with van der Waals surface area (Å²) in [5.41, 5.74) is 2.32. The number of hydrogen-bond acceptors (Lipinski definition) is 4. The number of imidazole rings is 1. The normalized spacial score (nSPS) is 13.4. The predicted octanol–water partition coefficient (Wildman–Crippen LogP) is 2.80. The SMILES string of the molecule is COc1ccc(C)cc1NC(=O)c1nc(C(=O)NC2CC2)n2ccccc12. The molecule has 1 aromatic carbocycles. The number of aromatic nitrogens is 2. The third-order valence-corrected chi connectivity index (χ3v) is 4.48. The van der Waals surface area contributed by atoms with Gasteiger partial charge in [-0.2, -0.15) is 0 Å². The third kappa shape index (κ3) is 3.36. The first kappa shape index (κ1) is 17.1. The van der Waals surface area contributed by atoms with Gasteiger partial charge in [-0.1, -0.05) is 12.1 Å². The molecule has 0 spiro atoms. The van der Waals surface area contributed by atoms with Crippen molar-refractivity contribution in [2.24, 2.45) is 0 Å². The van der Waals surface area contributed by atoms with E-state index in [0.29, 0.717) is 17.0 Å². The van der Waals surface area contributed by atoms with Gasteiger partial charge < -0.3 is 15.4 Å². The number of ether oxygens (including phenoxy) is 1. The number of nitrogens with one attached hydrogen (secondary N) is 2. The minimum Gasteiger partial charge on any atom is -0.495 e. The molecule has 1 saturated carbocycles. The van der Waals surface area contributed by atoms with E-state index in [1.807, 2.05) is 25.1 Å². The molecule has 1 aliphatic rings. The van der Waals surface area contributed by atoms with Crippen LogP contribution in [0, 0.1) is 6.92 Å². The standard InChI is InChI=1S/C20H20N4O3/c1-12-6-9-16(27-2)14(11-12)22-19(25)17-15-5-3-4-10-24(15)18(23-17)20(26)21-13-7-8-13/h3-6,9-11,13H,7-8H2,1-2H3,(H,21,26)(H,22,25). The summed E-state index contributed by atoms with van der Waals surface area (Å²) in [6.45, 7) is 1.93. The lowest BCUT2D eigenvalue weighted by Crippen LogP contribution is -2.27. The van der Waals surface area contributed by atoms with Gasteiger partial charge in [0.1, 0.15) is 5.75 Å². The first-order valence-electron chi connectivity index (χ1n) is 8.81. The van der Waals surface area contributed by atoms with Crippen LogP contribution in [0.25, 0.3) is 5.52 Å². The highest BCUT2D eigenvalue weighted by molar-refractivity contribution is 6.09. The Morgan fingerprint density at radius 1 is 1.19 bits per heavy atom. The van der Waals surface area contributed by atoms with E-state index in [1.165, 1.54) is 0 Å². The zero-order valence-electron chi connectivity index (χ0n) is 15.2. The summed E-state index contributed by atoms with van der Waals surface area (Å²) in [6.07, 6.45) is 3.69. The lowest BCUT2D eigenvalue weighted by atomic mass is 10.2. The lowest BCUT2D eigenvalue weighted by Gasteiger charge is -2.10. The van der Waals surface area contributed by atoms with E-state index >= 15 is 0 Å². The van der Waals surface area contributed by atoms with Crippen molar-refractivity contribution in [3.05, 3.63) is 59.7 Å². The van der Waals surface area contributed by atoms with Gasteiger partial charge in [-0.05, 0) is 49.6 Å². The molecule has 138 valence electrons. The number of aryl methyl sites for hydroxylation is 1. The number of nitrogens with zero attached hydrogens (tertiary/aromatic N) is 2. The van der Waals surface area contributed by atoms with E-state index < -0.39 is 5.91 Å². The summed E-state index contributed by atoms with van der Waals surface area (Å²) >= 11 is 0. The second-order valence-corrected chi connectivity index (χ2v) is 6.65. The Bertz CT molecular complexity index is 1040. The van der Waals surface area contributed by atoms with Crippen molar-refractivity contribution in [1.29, 1.82) is 0 Å². The Morgan fingerprint density at radius 3 is 2.74 bits per heavy atom. The fourth-order valence-corrected chi connectivity index (χ4v) is 2.94. The van der Waals surface area contributed by atoms with E-state index in [0.717, 1.165) is 18.4 Å². The maximum absolute atomic E-state index is 12.9. The average molecular weight is 364 g/mol. The summed E-state index contributed by atoms with van der Waals surface area (Å²) in [5, 5.41) is 5.76. The van der Waals surface area contributed by atoms with Gasteiger partial charge in [0.25, 0.3) is 11.8 Å². The van der Waals surface area contributed by atoms with Crippen molar-refractivity contribution < 1.29 is 14.3 Å². The van der Waals surface area contributed by atoms with Gasteiger partial charge >= 0.3 is 0 Å². The highest BCUT2D eigenvalue weighted by atomic mass is 16.5. The van der Waals surface area contributed by atoms with Gasteiger partial charge in [0, 0.05) is 12.2 Å². The Labute approximate surface area is 156 Å². The topological polar surface area (TPSA) is 84.7 Å². The molecule has 0 atom stereocenters. The lowest BCUT2D eigenvalue weighted by molar-refractivity contribution is 0.0940. The van der Waals surface area contributed by atoms with Crippen molar-refractivity contribution in [2.75, 3.05) is 12.4 Å². The van der Waals surface area contributed by atoms with Crippen molar-refractivity contribution in [2.45, 2.75) is 25.8 Å². The van der Waals surface area contributed by atoms with E-state index in [2.05, 4.69) is 15.6 Å². The Kier molecular flexibility index (Phi) is 4.27. The molecule has 1 aliphatic carbocycles. The largest absolute Gasteiger partial charge is 0.495 e. The van der Waals surface area contributed by atoms with Crippen molar-refractivity contribution in [3.8, 4) is 5.75 Å². The molecule has 7 nitrogen and oxygen atoms in total. The van der Waals surface area contributed by atoms with E-state index in [-0.39, 0.29) is 23.5 Å².